The lowest BCUT2D eigenvalue weighted by atomic mass is 9.62. The summed E-state index contributed by atoms with van der Waals surface area (Å²) in [4.78, 5) is 0. The molecule has 334 valence electrons. The van der Waals surface area contributed by atoms with Crippen LogP contribution in [0, 0.1) is 0 Å². The molecule has 0 radical (unpaired) electrons. The van der Waals surface area contributed by atoms with E-state index >= 15 is 0 Å². The summed E-state index contributed by atoms with van der Waals surface area (Å²) in [5, 5.41) is 5.32. The predicted octanol–water partition coefficient (Wildman–Crippen LogP) is 18.7. The van der Waals surface area contributed by atoms with Gasteiger partial charge in [-0.2, -0.15) is 0 Å². The maximum atomic E-state index is 2.61. The summed E-state index contributed by atoms with van der Waals surface area (Å²) in [6, 6.07) is 81.3. The van der Waals surface area contributed by atoms with Crippen LogP contribution in [0.5, 0.6) is 0 Å². The van der Waals surface area contributed by atoms with Crippen LogP contribution in [-0.4, -0.2) is 9.13 Å². The number of rotatable bonds is 6. The Kier molecular flexibility index (Phi) is 9.14. The highest BCUT2D eigenvalue weighted by atomic mass is 15.0. The molecule has 10 aromatic carbocycles. The van der Waals surface area contributed by atoms with Crippen LogP contribution in [0.4, 0.5) is 0 Å². The van der Waals surface area contributed by atoms with E-state index in [1.54, 1.807) is 0 Å². The summed E-state index contributed by atoms with van der Waals surface area (Å²) in [6.07, 6.45) is 0. The zero-order valence-electron chi connectivity index (χ0n) is 40.0. The van der Waals surface area contributed by atoms with Gasteiger partial charge in [0, 0.05) is 32.9 Å². The van der Waals surface area contributed by atoms with Gasteiger partial charge >= 0.3 is 0 Å². The van der Waals surface area contributed by atoms with Crippen LogP contribution in [0.25, 0.3) is 111 Å². The summed E-state index contributed by atoms with van der Waals surface area (Å²) in [7, 11) is 0. The zero-order valence-corrected chi connectivity index (χ0v) is 40.0. The highest BCUT2D eigenvalue weighted by Gasteiger charge is 2.42. The molecule has 0 aliphatic heterocycles. The van der Waals surface area contributed by atoms with Crippen molar-refractivity contribution in [3.63, 3.8) is 0 Å². The third kappa shape index (κ3) is 5.99. The van der Waals surface area contributed by atoms with Gasteiger partial charge in [0.25, 0.3) is 0 Å². The number of fused-ring (bicyclic) bond motifs is 8. The molecule has 12 aromatic rings. The molecule has 2 aromatic heterocycles. The van der Waals surface area contributed by atoms with E-state index in [1.807, 2.05) is 0 Å². The Morgan fingerprint density at radius 2 is 0.571 bits per heavy atom. The first-order valence-electron chi connectivity index (χ1n) is 25.1. The summed E-state index contributed by atoms with van der Waals surface area (Å²) in [5.74, 6) is 1.12. The fraction of sp³-hybridized carbons (Fsp3) is 0.118. The van der Waals surface area contributed by atoms with Gasteiger partial charge in [-0.25, -0.2) is 0 Å². The van der Waals surface area contributed by atoms with Gasteiger partial charge in [-0.05, 0) is 162 Å². The van der Waals surface area contributed by atoms with E-state index in [0.717, 1.165) is 0 Å². The van der Waals surface area contributed by atoms with Crippen molar-refractivity contribution in [3.8, 4) is 67.0 Å². The van der Waals surface area contributed by atoms with Crippen LogP contribution in [0.1, 0.15) is 73.6 Å². The first kappa shape index (κ1) is 40.8. The van der Waals surface area contributed by atoms with Gasteiger partial charge in [-0.3, -0.25) is 0 Å². The SMILES string of the molecule is CC1c2cc3c4cc(-c5ccc(-c6ccccc6)cc5)ccc4n(-c4ccccc4)c3c3c2-c2c(cc4c5cc(-c6ccc(-c7ccccc7)cc6)ccc5n(-c5ccccc5)c4c2C1C)C(C)C3C. The standard InChI is InChI=1S/C68H52N2/c1-41-43(3)63-66-56(40-60-58-38-52(50-31-27-48(28-32-50)46-19-11-6-12-20-46)34-36-62(58)69(67(60)63)53-21-13-7-14-22-53)42(2)44(4)64-65(66)55(41)39-59-57-37-51(49-29-25-47(26-30-49)45-17-9-5-10-18-45)33-35-61(57)70(68(59)64)54-23-15-8-16-24-54/h5-44H,1-4H3. The Bertz CT molecular complexity index is 3740. The minimum Gasteiger partial charge on any atom is -0.309 e. The molecule has 0 bridgehead atoms. The molecule has 0 amide bonds. The first-order valence-corrected chi connectivity index (χ1v) is 25.1. The number of aromatic nitrogens is 2. The number of benzene rings is 10. The lowest BCUT2D eigenvalue weighted by Crippen LogP contribution is -2.24. The second kappa shape index (κ2) is 15.7. The van der Waals surface area contributed by atoms with Crippen LogP contribution >= 0.6 is 0 Å². The van der Waals surface area contributed by atoms with Crippen molar-refractivity contribution in [1.82, 2.24) is 9.13 Å². The van der Waals surface area contributed by atoms with Gasteiger partial charge in [-0.1, -0.05) is 185 Å². The van der Waals surface area contributed by atoms with Crippen molar-refractivity contribution in [3.05, 3.63) is 241 Å². The lowest BCUT2D eigenvalue weighted by molar-refractivity contribution is 0.584. The minimum absolute atomic E-state index is 0.272. The molecule has 0 spiro atoms. The van der Waals surface area contributed by atoms with Gasteiger partial charge in [0.15, 0.2) is 0 Å². The smallest absolute Gasteiger partial charge is 0.0582 e. The van der Waals surface area contributed by atoms with Crippen LogP contribution in [-0.2, 0) is 0 Å². The highest BCUT2D eigenvalue weighted by molar-refractivity contribution is 6.17. The molecule has 0 saturated carbocycles. The van der Waals surface area contributed by atoms with Crippen molar-refractivity contribution < 1.29 is 0 Å². The van der Waals surface area contributed by atoms with E-state index in [0.29, 0.717) is 0 Å². The molecule has 2 nitrogen and oxygen atoms in total. The van der Waals surface area contributed by atoms with Crippen molar-refractivity contribution in [1.29, 1.82) is 0 Å². The second-order valence-corrected chi connectivity index (χ2v) is 20.1. The van der Waals surface area contributed by atoms with E-state index in [1.165, 1.54) is 133 Å². The van der Waals surface area contributed by atoms with Crippen molar-refractivity contribution in [2.75, 3.05) is 0 Å². The predicted molar refractivity (Wildman–Crippen MR) is 296 cm³/mol. The van der Waals surface area contributed by atoms with E-state index in [4.69, 9.17) is 0 Å². The first-order chi connectivity index (χ1) is 34.4. The Labute approximate surface area is 409 Å². The van der Waals surface area contributed by atoms with Crippen molar-refractivity contribution >= 4 is 43.6 Å². The van der Waals surface area contributed by atoms with E-state index < -0.39 is 0 Å². The second-order valence-electron chi connectivity index (χ2n) is 20.1. The normalized spacial score (nSPS) is 17.1. The summed E-state index contributed by atoms with van der Waals surface area (Å²) in [5.41, 5.74) is 26.4. The van der Waals surface area contributed by atoms with E-state index in [9.17, 15) is 0 Å². The zero-order chi connectivity index (χ0) is 46.8. The molecule has 0 fully saturated rings. The summed E-state index contributed by atoms with van der Waals surface area (Å²) >= 11 is 0. The number of hydrogen-bond donors (Lipinski definition) is 0. The molecule has 2 aliphatic rings. The Morgan fingerprint density at radius 1 is 0.271 bits per heavy atom. The Balaban J connectivity index is 1.02. The van der Waals surface area contributed by atoms with Gasteiger partial charge in [-0.15, -0.1) is 0 Å². The molecule has 4 unspecified atom stereocenters. The number of nitrogens with zero attached hydrogens (tertiary/aromatic N) is 2. The molecular formula is C68H52N2. The average molecular weight is 897 g/mol. The molecule has 0 saturated heterocycles. The van der Waals surface area contributed by atoms with Gasteiger partial charge in [0.1, 0.15) is 0 Å². The lowest BCUT2D eigenvalue weighted by Gasteiger charge is -2.42. The molecule has 0 N–H and O–H groups in total. The quantitative estimate of drug-likeness (QED) is 0.157. The fourth-order valence-corrected chi connectivity index (χ4v) is 12.7. The number of hydrogen-bond acceptors (Lipinski definition) is 0. The minimum atomic E-state index is 0.272. The topological polar surface area (TPSA) is 9.86 Å². The largest absolute Gasteiger partial charge is 0.309 e. The molecule has 70 heavy (non-hydrogen) atoms. The molecule has 2 heteroatoms. The number of para-hydroxylation sites is 2. The van der Waals surface area contributed by atoms with Gasteiger partial charge in [0.2, 0.25) is 0 Å². The van der Waals surface area contributed by atoms with E-state index in [2.05, 4.69) is 255 Å². The summed E-state index contributed by atoms with van der Waals surface area (Å²) < 4.78 is 5.18. The van der Waals surface area contributed by atoms with Gasteiger partial charge in [0.05, 0.1) is 22.1 Å². The molecule has 4 atom stereocenters. The van der Waals surface area contributed by atoms with Crippen LogP contribution in [0.2, 0.25) is 0 Å². The Morgan fingerprint density at radius 3 is 0.929 bits per heavy atom. The Hall–Kier alpha value is -8.20. The molecule has 14 rings (SSSR count). The monoisotopic (exact) mass is 896 g/mol. The maximum absolute atomic E-state index is 2.61. The van der Waals surface area contributed by atoms with E-state index in [-0.39, 0.29) is 23.7 Å². The van der Waals surface area contributed by atoms with Crippen LogP contribution < -0.4 is 0 Å². The summed E-state index contributed by atoms with van der Waals surface area (Å²) in [6.45, 7) is 10.0. The van der Waals surface area contributed by atoms with Crippen molar-refractivity contribution in [2.24, 2.45) is 0 Å². The maximum Gasteiger partial charge on any atom is 0.0582 e. The fourth-order valence-electron chi connectivity index (χ4n) is 12.7. The van der Waals surface area contributed by atoms with Gasteiger partial charge < -0.3 is 9.13 Å². The third-order valence-corrected chi connectivity index (χ3v) is 16.6. The third-order valence-electron chi connectivity index (χ3n) is 16.6. The molecule has 2 heterocycles. The highest BCUT2D eigenvalue weighted by Crippen LogP contribution is 2.61. The molecular weight excluding hydrogens is 845 g/mol. The van der Waals surface area contributed by atoms with Crippen molar-refractivity contribution in [2.45, 2.75) is 51.4 Å². The molecule has 2 aliphatic carbocycles. The van der Waals surface area contributed by atoms with Crippen LogP contribution in [0.15, 0.2) is 218 Å². The average Bonchev–Trinajstić information content (AvgIpc) is 3.93. The van der Waals surface area contributed by atoms with Crippen LogP contribution in [0.3, 0.4) is 0 Å².